The Bertz CT molecular complexity index is 530. The van der Waals surface area contributed by atoms with Crippen LogP contribution in [0.5, 0.6) is 0 Å². The summed E-state index contributed by atoms with van der Waals surface area (Å²) in [7, 11) is 0. The first-order valence-electron chi connectivity index (χ1n) is 5.61. The molecule has 0 aliphatic heterocycles. The van der Waals surface area contributed by atoms with Crippen molar-refractivity contribution in [2.75, 3.05) is 5.73 Å². The summed E-state index contributed by atoms with van der Waals surface area (Å²) in [5, 5.41) is 16.2. The summed E-state index contributed by atoms with van der Waals surface area (Å²) in [4.78, 5) is 12.1. The first-order chi connectivity index (χ1) is 8.61. The second-order valence-corrected chi connectivity index (χ2v) is 3.91. The van der Waals surface area contributed by atoms with E-state index in [1.165, 1.54) is 0 Å². The normalized spacial score (nSPS) is 12.3. The van der Waals surface area contributed by atoms with Gasteiger partial charge in [-0.3, -0.25) is 4.79 Å². The first kappa shape index (κ1) is 12.1. The summed E-state index contributed by atoms with van der Waals surface area (Å²) in [6.07, 6.45) is 1.73. The first-order valence-corrected chi connectivity index (χ1v) is 5.61. The van der Waals surface area contributed by atoms with Gasteiger partial charge in [0.1, 0.15) is 5.69 Å². The molecule has 2 aromatic rings. The van der Waals surface area contributed by atoms with Crippen LogP contribution in [0.2, 0.25) is 0 Å². The number of nitrogens with two attached hydrogens (primary N) is 1. The zero-order valence-electron chi connectivity index (χ0n) is 10.2. The number of hydrogen-bond acceptors (Lipinski definition) is 5. The summed E-state index contributed by atoms with van der Waals surface area (Å²) in [5.41, 5.74) is 6.76. The molecule has 4 N–H and O–H groups in total. The van der Waals surface area contributed by atoms with Gasteiger partial charge in [0.25, 0.3) is 5.91 Å². The average Bonchev–Trinajstić information content (AvgIpc) is 2.96. The van der Waals surface area contributed by atoms with Gasteiger partial charge in [-0.1, -0.05) is 5.21 Å². The molecule has 2 rings (SSSR count). The van der Waals surface area contributed by atoms with Gasteiger partial charge in [0.05, 0.1) is 11.7 Å². The van der Waals surface area contributed by atoms with Crippen molar-refractivity contribution in [2.45, 2.75) is 26.4 Å². The predicted octanol–water partition coefficient (Wildman–Crippen LogP) is 0.0943. The molecule has 0 aliphatic rings. The van der Waals surface area contributed by atoms with E-state index in [1.807, 2.05) is 6.92 Å². The molecule has 0 radical (unpaired) electrons. The van der Waals surface area contributed by atoms with Crippen LogP contribution >= 0.6 is 0 Å². The average molecular weight is 249 g/mol. The number of nitrogens with zero attached hydrogens (tertiary/aromatic N) is 4. The Kier molecular flexibility index (Phi) is 3.26. The van der Waals surface area contributed by atoms with E-state index in [9.17, 15) is 4.79 Å². The van der Waals surface area contributed by atoms with E-state index in [0.29, 0.717) is 23.8 Å². The van der Waals surface area contributed by atoms with Crippen molar-refractivity contribution in [2.24, 2.45) is 0 Å². The number of hydrogen-bond donors (Lipinski definition) is 3. The lowest BCUT2D eigenvalue weighted by Gasteiger charge is -2.11. The fourth-order valence-electron chi connectivity index (χ4n) is 1.67. The third-order valence-corrected chi connectivity index (χ3v) is 2.59. The van der Waals surface area contributed by atoms with Crippen LogP contribution in [-0.2, 0) is 6.54 Å². The largest absolute Gasteiger partial charge is 0.397 e. The molecular weight excluding hydrogens is 234 g/mol. The molecule has 18 heavy (non-hydrogen) atoms. The zero-order chi connectivity index (χ0) is 13.1. The van der Waals surface area contributed by atoms with Crippen LogP contribution in [-0.4, -0.2) is 31.1 Å². The highest BCUT2D eigenvalue weighted by Gasteiger charge is 2.17. The van der Waals surface area contributed by atoms with Crippen LogP contribution in [0.4, 0.5) is 5.69 Å². The van der Waals surface area contributed by atoms with Gasteiger partial charge in [-0.25, -0.2) is 0 Å². The number of rotatable bonds is 4. The number of H-pyrrole nitrogens is 1. The van der Waals surface area contributed by atoms with Gasteiger partial charge >= 0.3 is 0 Å². The monoisotopic (exact) mass is 249 g/mol. The van der Waals surface area contributed by atoms with Crippen molar-refractivity contribution >= 4 is 11.6 Å². The number of anilines is 1. The van der Waals surface area contributed by atoms with Crippen molar-refractivity contribution in [3.05, 3.63) is 23.8 Å². The second kappa shape index (κ2) is 4.86. The van der Waals surface area contributed by atoms with Crippen LogP contribution in [0.15, 0.2) is 12.3 Å². The highest BCUT2D eigenvalue weighted by atomic mass is 16.2. The maximum Gasteiger partial charge on any atom is 0.268 e. The fraction of sp³-hybridized carbons (Fsp3) is 0.400. The molecule has 1 amide bonds. The number of tetrazole rings is 1. The third-order valence-electron chi connectivity index (χ3n) is 2.59. The molecule has 0 bridgehead atoms. The van der Waals surface area contributed by atoms with Crippen molar-refractivity contribution in [1.29, 1.82) is 0 Å². The Morgan fingerprint density at radius 3 is 3.06 bits per heavy atom. The Labute approximate surface area is 104 Å². The third kappa shape index (κ3) is 2.31. The van der Waals surface area contributed by atoms with Gasteiger partial charge in [-0.2, -0.15) is 5.21 Å². The van der Waals surface area contributed by atoms with Crippen molar-refractivity contribution in [3.63, 3.8) is 0 Å². The minimum atomic E-state index is -0.322. The highest BCUT2D eigenvalue weighted by Crippen LogP contribution is 2.12. The van der Waals surface area contributed by atoms with E-state index >= 15 is 0 Å². The van der Waals surface area contributed by atoms with Gasteiger partial charge in [-0.05, 0) is 19.9 Å². The van der Waals surface area contributed by atoms with E-state index < -0.39 is 0 Å². The summed E-state index contributed by atoms with van der Waals surface area (Å²) in [5.74, 6) is 0.219. The molecule has 1 atom stereocenters. The van der Waals surface area contributed by atoms with Crippen LogP contribution in [0.25, 0.3) is 0 Å². The minimum absolute atomic E-state index is 0.217. The molecule has 0 spiro atoms. The molecule has 0 saturated heterocycles. The van der Waals surface area contributed by atoms with E-state index in [0.717, 1.165) is 0 Å². The summed E-state index contributed by atoms with van der Waals surface area (Å²) in [6.45, 7) is 4.40. The minimum Gasteiger partial charge on any atom is -0.397 e. The summed E-state index contributed by atoms with van der Waals surface area (Å²) in [6, 6.07) is 1.32. The van der Waals surface area contributed by atoms with Crippen LogP contribution < -0.4 is 11.1 Å². The predicted molar refractivity (Wildman–Crippen MR) is 64.6 cm³/mol. The SMILES string of the molecule is CCn1cc(N)cc1C(=O)NC(C)c1nn[nH]n1. The van der Waals surface area contributed by atoms with Crippen molar-refractivity contribution in [3.8, 4) is 0 Å². The molecule has 0 fully saturated rings. The molecule has 0 saturated carbocycles. The van der Waals surface area contributed by atoms with E-state index in [1.54, 1.807) is 23.8 Å². The molecule has 96 valence electrons. The van der Waals surface area contributed by atoms with Gasteiger partial charge in [-0.15, -0.1) is 10.2 Å². The summed E-state index contributed by atoms with van der Waals surface area (Å²) >= 11 is 0. The smallest absolute Gasteiger partial charge is 0.268 e. The molecule has 2 aromatic heterocycles. The maximum absolute atomic E-state index is 12.1. The Morgan fingerprint density at radius 1 is 1.67 bits per heavy atom. The lowest BCUT2D eigenvalue weighted by atomic mass is 10.3. The Balaban J connectivity index is 2.12. The lowest BCUT2D eigenvalue weighted by Crippen LogP contribution is -2.29. The second-order valence-electron chi connectivity index (χ2n) is 3.91. The number of nitrogen functional groups attached to an aromatic ring is 1. The van der Waals surface area contributed by atoms with E-state index in [2.05, 4.69) is 25.9 Å². The number of carbonyl (C=O) groups excluding carboxylic acids is 1. The maximum atomic E-state index is 12.1. The van der Waals surface area contributed by atoms with Gasteiger partial charge in [0.15, 0.2) is 5.82 Å². The van der Waals surface area contributed by atoms with Gasteiger partial charge in [0.2, 0.25) is 0 Å². The standard InChI is InChI=1S/C10H15N7O/c1-3-17-5-7(11)4-8(17)10(18)12-6(2)9-13-15-16-14-9/h4-6H,3,11H2,1-2H3,(H,12,18)(H,13,14,15,16). The number of carbonyl (C=O) groups is 1. The molecule has 8 nitrogen and oxygen atoms in total. The van der Waals surface area contributed by atoms with Crippen LogP contribution in [0.3, 0.4) is 0 Å². The Morgan fingerprint density at radius 2 is 2.44 bits per heavy atom. The molecule has 2 heterocycles. The molecular formula is C10H15N7O. The van der Waals surface area contributed by atoms with Crippen molar-refractivity contribution < 1.29 is 4.79 Å². The topological polar surface area (TPSA) is 115 Å². The number of aryl methyl sites for hydroxylation is 1. The number of nitrogens with one attached hydrogen (secondary N) is 2. The molecule has 0 aromatic carbocycles. The summed E-state index contributed by atoms with van der Waals surface area (Å²) < 4.78 is 1.79. The van der Waals surface area contributed by atoms with Crippen LogP contribution in [0.1, 0.15) is 36.2 Å². The number of amides is 1. The quantitative estimate of drug-likeness (QED) is 0.710. The van der Waals surface area contributed by atoms with E-state index in [-0.39, 0.29) is 11.9 Å². The Hall–Kier alpha value is -2.38. The van der Waals surface area contributed by atoms with Gasteiger partial charge < -0.3 is 15.6 Å². The molecule has 1 unspecified atom stereocenters. The lowest BCUT2D eigenvalue weighted by molar-refractivity contribution is 0.0929. The van der Waals surface area contributed by atoms with E-state index in [4.69, 9.17) is 5.73 Å². The molecule has 8 heteroatoms. The number of aromatic amines is 1. The zero-order valence-corrected chi connectivity index (χ0v) is 10.2. The van der Waals surface area contributed by atoms with Gasteiger partial charge in [0, 0.05) is 12.7 Å². The molecule has 0 aliphatic carbocycles. The number of aromatic nitrogens is 5. The van der Waals surface area contributed by atoms with Crippen molar-refractivity contribution in [1.82, 2.24) is 30.5 Å². The fourth-order valence-corrected chi connectivity index (χ4v) is 1.67. The highest BCUT2D eigenvalue weighted by molar-refractivity contribution is 5.94. The van der Waals surface area contributed by atoms with Crippen LogP contribution in [0, 0.1) is 0 Å².